The van der Waals surface area contributed by atoms with E-state index in [0.717, 1.165) is 0 Å². The molecule has 0 saturated carbocycles. The molecule has 2 rings (SSSR count). The van der Waals surface area contributed by atoms with Crippen LogP contribution in [0.25, 0.3) is 11.1 Å². The van der Waals surface area contributed by atoms with E-state index in [1.807, 2.05) is 0 Å². The van der Waals surface area contributed by atoms with Crippen molar-refractivity contribution in [2.75, 3.05) is 5.73 Å². The summed E-state index contributed by atoms with van der Waals surface area (Å²) in [6, 6.07) is 1.47. The molecule has 1 aromatic heterocycles. The van der Waals surface area contributed by atoms with Gasteiger partial charge in [0, 0.05) is 5.56 Å². The number of aromatic hydroxyl groups is 1. The van der Waals surface area contributed by atoms with Gasteiger partial charge in [-0.2, -0.15) is 0 Å². The Bertz CT molecular complexity index is 554. The number of rotatable bonds is 1. The second-order valence-corrected chi connectivity index (χ2v) is 3.70. The van der Waals surface area contributed by atoms with Crippen LogP contribution < -0.4 is 5.73 Å². The van der Waals surface area contributed by atoms with E-state index in [4.69, 9.17) is 17.3 Å². The van der Waals surface area contributed by atoms with Crippen LogP contribution in [-0.2, 0) is 0 Å². The van der Waals surface area contributed by atoms with Crippen LogP contribution in [0.5, 0.6) is 5.75 Å². The third kappa shape index (κ3) is 1.49. The van der Waals surface area contributed by atoms with Crippen LogP contribution in [0, 0.1) is 12.7 Å². The summed E-state index contributed by atoms with van der Waals surface area (Å²) in [5, 5.41) is 12.9. The van der Waals surface area contributed by atoms with Gasteiger partial charge >= 0.3 is 0 Å². The first-order chi connectivity index (χ1) is 7.52. The molecule has 84 valence electrons. The largest absolute Gasteiger partial charge is 0.504 e. The highest BCUT2D eigenvalue weighted by Gasteiger charge is 2.18. The van der Waals surface area contributed by atoms with Gasteiger partial charge in [0.1, 0.15) is 0 Å². The van der Waals surface area contributed by atoms with E-state index in [1.54, 1.807) is 6.92 Å². The molecular weight excluding hydrogens is 235 g/mol. The molecule has 0 aliphatic heterocycles. The first-order valence-electron chi connectivity index (χ1n) is 4.40. The maximum Gasteiger partial charge on any atom is 0.230 e. The first kappa shape index (κ1) is 10.8. The second-order valence-electron chi connectivity index (χ2n) is 3.32. The number of nitrogens with two attached hydrogens (primary N) is 1. The topological polar surface area (TPSA) is 72.3 Å². The van der Waals surface area contributed by atoms with Crippen LogP contribution in [0.1, 0.15) is 5.56 Å². The van der Waals surface area contributed by atoms with E-state index in [-0.39, 0.29) is 22.0 Å². The van der Waals surface area contributed by atoms with Crippen molar-refractivity contribution >= 4 is 17.5 Å². The maximum absolute atomic E-state index is 13.7. The predicted molar refractivity (Wildman–Crippen MR) is 57.7 cm³/mol. The Kier molecular flexibility index (Phi) is 2.47. The van der Waals surface area contributed by atoms with Gasteiger partial charge in [-0.05, 0) is 18.6 Å². The number of benzene rings is 1. The van der Waals surface area contributed by atoms with Gasteiger partial charge in [-0.15, -0.1) is 0 Å². The lowest BCUT2D eigenvalue weighted by Crippen LogP contribution is -1.91. The summed E-state index contributed by atoms with van der Waals surface area (Å²) >= 11 is 5.70. The van der Waals surface area contributed by atoms with Gasteiger partial charge in [0.2, 0.25) is 5.88 Å². The minimum atomic E-state index is -0.842. The zero-order chi connectivity index (χ0) is 11.9. The van der Waals surface area contributed by atoms with Crippen molar-refractivity contribution in [1.82, 2.24) is 5.16 Å². The van der Waals surface area contributed by atoms with Crippen LogP contribution in [0.15, 0.2) is 16.8 Å². The molecule has 0 bridgehead atoms. The molecule has 3 N–H and O–H groups in total. The minimum Gasteiger partial charge on any atom is -0.504 e. The van der Waals surface area contributed by atoms with E-state index >= 15 is 0 Å². The van der Waals surface area contributed by atoms with Gasteiger partial charge in [0.15, 0.2) is 11.6 Å². The van der Waals surface area contributed by atoms with E-state index in [9.17, 15) is 9.50 Å². The van der Waals surface area contributed by atoms with Gasteiger partial charge in [0.25, 0.3) is 0 Å². The molecule has 6 heteroatoms. The minimum absolute atomic E-state index is 0.0139. The molecule has 0 atom stereocenters. The number of halogens is 2. The number of hydrogen-bond acceptors (Lipinski definition) is 4. The molecule has 0 unspecified atom stereocenters. The van der Waals surface area contributed by atoms with Crippen LogP contribution in [0.4, 0.5) is 10.3 Å². The molecule has 0 saturated heterocycles. The van der Waals surface area contributed by atoms with E-state index < -0.39 is 11.6 Å². The molecule has 1 aromatic carbocycles. The van der Waals surface area contributed by atoms with E-state index in [2.05, 4.69) is 9.68 Å². The number of aryl methyl sites for hydroxylation is 1. The summed E-state index contributed by atoms with van der Waals surface area (Å²) in [6.07, 6.45) is 1.28. The van der Waals surface area contributed by atoms with Crippen molar-refractivity contribution in [3.8, 4) is 16.9 Å². The summed E-state index contributed by atoms with van der Waals surface area (Å²) in [4.78, 5) is 0. The summed E-state index contributed by atoms with van der Waals surface area (Å²) in [5.74, 6) is -1.46. The fraction of sp³-hybridized carbons (Fsp3) is 0.100. The third-order valence-electron chi connectivity index (χ3n) is 2.25. The first-order valence-corrected chi connectivity index (χ1v) is 4.78. The standard InChI is InChI=1S/C10H8ClFN2O2/c1-4-2-5(6-3-14-16-10(6)13)8(12)9(15)7(4)11/h2-3,15H,13H2,1H3. The Morgan fingerprint density at radius 2 is 2.19 bits per heavy atom. The van der Waals surface area contributed by atoms with E-state index in [1.165, 1.54) is 12.3 Å². The van der Waals surface area contributed by atoms with Crippen molar-refractivity contribution in [2.45, 2.75) is 6.92 Å². The van der Waals surface area contributed by atoms with Gasteiger partial charge in [-0.25, -0.2) is 4.39 Å². The molecule has 4 nitrogen and oxygen atoms in total. The SMILES string of the molecule is Cc1cc(-c2cnoc2N)c(F)c(O)c1Cl. The van der Waals surface area contributed by atoms with Gasteiger partial charge < -0.3 is 15.4 Å². The number of nitrogen functional groups attached to an aromatic ring is 1. The van der Waals surface area contributed by atoms with Gasteiger partial charge in [-0.3, -0.25) is 0 Å². The molecular formula is C10H8ClFN2O2. The zero-order valence-corrected chi connectivity index (χ0v) is 9.05. The van der Waals surface area contributed by atoms with Crippen LogP contribution in [0.2, 0.25) is 5.02 Å². The van der Waals surface area contributed by atoms with Crippen molar-refractivity contribution in [2.24, 2.45) is 0 Å². The smallest absolute Gasteiger partial charge is 0.230 e. The summed E-state index contributed by atoms with van der Waals surface area (Å²) in [7, 11) is 0. The molecule has 0 aliphatic rings. The molecule has 0 radical (unpaired) electrons. The maximum atomic E-state index is 13.7. The monoisotopic (exact) mass is 242 g/mol. The van der Waals surface area contributed by atoms with Crippen molar-refractivity contribution in [1.29, 1.82) is 0 Å². The lowest BCUT2D eigenvalue weighted by atomic mass is 10.0. The second kappa shape index (κ2) is 3.68. The highest BCUT2D eigenvalue weighted by molar-refractivity contribution is 6.32. The number of anilines is 1. The summed E-state index contributed by atoms with van der Waals surface area (Å²) in [5.41, 5.74) is 6.40. The highest BCUT2D eigenvalue weighted by Crippen LogP contribution is 2.38. The summed E-state index contributed by atoms with van der Waals surface area (Å²) in [6.45, 7) is 1.65. The Balaban J connectivity index is 2.72. The van der Waals surface area contributed by atoms with Crippen LogP contribution in [0.3, 0.4) is 0 Å². The van der Waals surface area contributed by atoms with E-state index in [0.29, 0.717) is 5.56 Å². The fourth-order valence-corrected chi connectivity index (χ4v) is 1.54. The average molecular weight is 243 g/mol. The number of hydrogen-bond donors (Lipinski definition) is 2. The molecule has 16 heavy (non-hydrogen) atoms. The lowest BCUT2D eigenvalue weighted by molar-refractivity contribution is 0.433. The Morgan fingerprint density at radius 1 is 1.50 bits per heavy atom. The molecule has 0 fully saturated rings. The normalized spacial score (nSPS) is 10.7. The molecule has 0 spiro atoms. The van der Waals surface area contributed by atoms with Crippen LogP contribution in [-0.4, -0.2) is 10.3 Å². The molecule has 0 amide bonds. The number of phenols is 1. The molecule has 1 heterocycles. The average Bonchev–Trinajstić information content (AvgIpc) is 2.67. The van der Waals surface area contributed by atoms with Crippen molar-refractivity contribution < 1.29 is 14.0 Å². The van der Waals surface area contributed by atoms with Crippen molar-refractivity contribution in [3.05, 3.63) is 28.7 Å². The van der Waals surface area contributed by atoms with Gasteiger partial charge in [-0.1, -0.05) is 16.8 Å². The fourth-order valence-electron chi connectivity index (χ4n) is 1.40. The Morgan fingerprint density at radius 3 is 2.75 bits per heavy atom. The van der Waals surface area contributed by atoms with Crippen LogP contribution >= 0.6 is 11.6 Å². The Hall–Kier alpha value is -1.75. The zero-order valence-electron chi connectivity index (χ0n) is 8.29. The molecule has 2 aromatic rings. The quantitative estimate of drug-likeness (QED) is 0.807. The summed E-state index contributed by atoms with van der Waals surface area (Å²) < 4.78 is 18.4. The third-order valence-corrected chi connectivity index (χ3v) is 2.72. The van der Waals surface area contributed by atoms with Crippen molar-refractivity contribution in [3.63, 3.8) is 0 Å². The Labute approximate surface area is 95.4 Å². The molecule has 0 aliphatic carbocycles. The number of phenolic OH excluding ortho intramolecular Hbond substituents is 1. The number of aromatic nitrogens is 1. The lowest BCUT2D eigenvalue weighted by Gasteiger charge is -2.07. The highest BCUT2D eigenvalue weighted by atomic mass is 35.5. The number of nitrogens with zero attached hydrogens (tertiary/aromatic N) is 1. The predicted octanol–water partition coefficient (Wildman–Crippen LogP) is 2.73. The van der Waals surface area contributed by atoms with Gasteiger partial charge in [0.05, 0.1) is 16.8 Å².